The first-order chi connectivity index (χ1) is 22.8. The molecule has 0 radical (unpaired) electrons. The lowest BCUT2D eigenvalue weighted by Gasteiger charge is -2.15. The fraction of sp³-hybridized carbons (Fsp3) is 0.892. The second-order valence-electron chi connectivity index (χ2n) is 12.9. The molecule has 0 aromatic rings. The number of hydrogen-bond acceptors (Lipinski definition) is 7. The van der Waals surface area contributed by atoms with Gasteiger partial charge in [0.15, 0.2) is 0 Å². The Morgan fingerprint density at radius 2 is 1.09 bits per heavy atom. The van der Waals surface area contributed by atoms with Crippen molar-refractivity contribution in [1.82, 2.24) is 5.32 Å². The predicted molar refractivity (Wildman–Crippen MR) is 192 cm³/mol. The van der Waals surface area contributed by atoms with Crippen molar-refractivity contribution in [3.63, 3.8) is 0 Å². The Kier molecular flexibility index (Phi) is 33.7. The van der Waals surface area contributed by atoms with Crippen molar-refractivity contribution in [2.75, 3.05) is 26.4 Å². The summed E-state index contributed by atoms with van der Waals surface area (Å²) < 4.78 is 26.7. The van der Waals surface area contributed by atoms with E-state index in [1.807, 2.05) is 0 Å². The standard InChI is InChI=1S/C37H72NO8P/c1-3-5-7-9-11-13-15-16-17-18-19-20-21-23-25-27-29-36(40)38-31-32-45-47(42,43)46-34-35(39)33-44-37(41)30-28-26-24-22-14-12-10-8-6-4-2/h17-18,35,39H,3-16,19-34H2,1-2H3,(H,38,40)(H,42,43)/b18-17-. The molecule has 0 saturated carbocycles. The van der Waals surface area contributed by atoms with Crippen LogP contribution in [0.15, 0.2) is 12.2 Å². The van der Waals surface area contributed by atoms with Gasteiger partial charge in [0.25, 0.3) is 0 Å². The molecule has 0 saturated heterocycles. The maximum absolute atomic E-state index is 12.0. The SMILES string of the molecule is CCCCCCCCC/C=C\CCCCCCCC(=O)NCCOP(=O)(O)OCC(O)COC(=O)CCCCCCCCCCCC. The van der Waals surface area contributed by atoms with Gasteiger partial charge in [0.2, 0.25) is 5.91 Å². The van der Waals surface area contributed by atoms with Crippen LogP contribution in [-0.4, -0.2) is 54.3 Å². The van der Waals surface area contributed by atoms with Gasteiger partial charge < -0.3 is 20.1 Å². The van der Waals surface area contributed by atoms with E-state index in [2.05, 4.69) is 31.3 Å². The molecule has 0 spiro atoms. The third-order valence-corrected chi connectivity index (χ3v) is 9.18. The number of nitrogens with one attached hydrogen (secondary N) is 1. The number of amides is 1. The third-order valence-electron chi connectivity index (χ3n) is 8.20. The lowest BCUT2D eigenvalue weighted by molar-refractivity contribution is -0.147. The Balaban J connectivity index is 3.61. The van der Waals surface area contributed by atoms with Crippen LogP contribution in [0.1, 0.15) is 181 Å². The van der Waals surface area contributed by atoms with Crippen LogP contribution in [0.3, 0.4) is 0 Å². The molecule has 3 N–H and O–H groups in total. The number of carbonyl (C=O) groups is 2. The Bertz CT molecular complexity index is 794. The van der Waals surface area contributed by atoms with Crippen LogP contribution in [0.5, 0.6) is 0 Å². The van der Waals surface area contributed by atoms with Crippen LogP contribution >= 0.6 is 7.82 Å². The van der Waals surface area contributed by atoms with Crippen LogP contribution < -0.4 is 5.32 Å². The number of carbonyl (C=O) groups excluding carboxylic acids is 2. The Labute approximate surface area is 288 Å². The van der Waals surface area contributed by atoms with Gasteiger partial charge in [-0.05, 0) is 38.5 Å². The first-order valence-corrected chi connectivity index (χ1v) is 20.7. The fourth-order valence-corrected chi connectivity index (χ4v) is 6.01. The lowest BCUT2D eigenvalue weighted by atomic mass is 10.1. The third kappa shape index (κ3) is 35.9. The molecule has 0 bridgehead atoms. The molecule has 0 aromatic carbocycles. The van der Waals surface area contributed by atoms with Gasteiger partial charge >= 0.3 is 13.8 Å². The Morgan fingerprint density at radius 3 is 1.60 bits per heavy atom. The number of unbranched alkanes of at least 4 members (excludes halogenated alkanes) is 21. The summed E-state index contributed by atoms with van der Waals surface area (Å²) >= 11 is 0. The fourth-order valence-electron chi connectivity index (χ4n) is 5.26. The zero-order chi connectivity index (χ0) is 34.7. The van der Waals surface area contributed by atoms with Crippen molar-refractivity contribution >= 4 is 19.7 Å². The van der Waals surface area contributed by atoms with Crippen molar-refractivity contribution < 1.29 is 37.9 Å². The second-order valence-corrected chi connectivity index (χ2v) is 14.4. The number of hydrogen-bond donors (Lipinski definition) is 3. The highest BCUT2D eigenvalue weighted by Gasteiger charge is 2.23. The van der Waals surface area contributed by atoms with E-state index in [-0.39, 0.29) is 32.1 Å². The highest BCUT2D eigenvalue weighted by Crippen LogP contribution is 2.42. The predicted octanol–water partition coefficient (Wildman–Crippen LogP) is 9.88. The van der Waals surface area contributed by atoms with E-state index in [4.69, 9.17) is 13.8 Å². The van der Waals surface area contributed by atoms with Gasteiger partial charge in [-0.3, -0.25) is 18.6 Å². The average Bonchev–Trinajstić information content (AvgIpc) is 3.05. The molecule has 2 atom stereocenters. The Hall–Kier alpha value is -1.25. The number of phosphoric ester groups is 1. The highest BCUT2D eigenvalue weighted by atomic mass is 31.2. The minimum Gasteiger partial charge on any atom is -0.463 e. The molecule has 278 valence electrons. The molecule has 10 heteroatoms. The molecule has 0 aromatic heterocycles. The molecule has 9 nitrogen and oxygen atoms in total. The van der Waals surface area contributed by atoms with Gasteiger partial charge in [-0.25, -0.2) is 4.57 Å². The van der Waals surface area contributed by atoms with Gasteiger partial charge in [0.1, 0.15) is 12.7 Å². The van der Waals surface area contributed by atoms with Gasteiger partial charge in [-0.2, -0.15) is 0 Å². The van der Waals surface area contributed by atoms with E-state index in [9.17, 15) is 24.2 Å². The van der Waals surface area contributed by atoms with E-state index in [0.717, 1.165) is 44.9 Å². The molecule has 1 amide bonds. The molecule has 0 aliphatic carbocycles. The highest BCUT2D eigenvalue weighted by molar-refractivity contribution is 7.47. The topological polar surface area (TPSA) is 131 Å². The molecule has 0 rings (SSSR count). The molecule has 0 fully saturated rings. The van der Waals surface area contributed by atoms with E-state index < -0.39 is 26.5 Å². The minimum absolute atomic E-state index is 0.0804. The number of esters is 1. The van der Waals surface area contributed by atoms with Crippen molar-refractivity contribution in [3.05, 3.63) is 12.2 Å². The Morgan fingerprint density at radius 1 is 0.638 bits per heavy atom. The number of aliphatic hydroxyl groups is 1. The molecule has 2 unspecified atom stereocenters. The van der Waals surface area contributed by atoms with Gasteiger partial charge in [0, 0.05) is 19.4 Å². The molecule has 0 aliphatic heterocycles. The zero-order valence-electron chi connectivity index (χ0n) is 30.2. The second kappa shape index (κ2) is 34.6. The van der Waals surface area contributed by atoms with Crippen molar-refractivity contribution in [2.24, 2.45) is 0 Å². The van der Waals surface area contributed by atoms with E-state index in [1.54, 1.807) is 0 Å². The van der Waals surface area contributed by atoms with Crippen molar-refractivity contribution in [1.29, 1.82) is 0 Å². The summed E-state index contributed by atoms with van der Waals surface area (Å²) in [5.74, 6) is -0.523. The maximum Gasteiger partial charge on any atom is 0.472 e. The van der Waals surface area contributed by atoms with Crippen LogP contribution in [-0.2, 0) is 27.9 Å². The minimum atomic E-state index is -4.40. The smallest absolute Gasteiger partial charge is 0.463 e. The van der Waals surface area contributed by atoms with Crippen molar-refractivity contribution in [2.45, 2.75) is 187 Å². The first-order valence-electron chi connectivity index (χ1n) is 19.2. The molecule has 47 heavy (non-hydrogen) atoms. The molecular weight excluding hydrogens is 617 g/mol. The number of phosphoric acid groups is 1. The van der Waals surface area contributed by atoms with E-state index in [0.29, 0.717) is 6.42 Å². The van der Waals surface area contributed by atoms with Gasteiger partial charge in [0.05, 0.1) is 13.2 Å². The quantitative estimate of drug-likeness (QED) is 0.0256. The summed E-state index contributed by atoms with van der Waals surface area (Å²) in [6.45, 7) is 3.52. The lowest BCUT2D eigenvalue weighted by Crippen LogP contribution is -2.27. The summed E-state index contributed by atoms with van der Waals surface area (Å²) in [6.07, 6.45) is 32.9. The summed E-state index contributed by atoms with van der Waals surface area (Å²) in [5, 5.41) is 12.6. The summed E-state index contributed by atoms with van der Waals surface area (Å²) in [5.41, 5.74) is 0. The first kappa shape index (κ1) is 45.8. The maximum atomic E-state index is 12.0. The van der Waals surface area contributed by atoms with E-state index >= 15 is 0 Å². The molecule has 0 heterocycles. The van der Waals surface area contributed by atoms with Gasteiger partial charge in [-0.15, -0.1) is 0 Å². The molecular formula is C37H72NO8P. The van der Waals surface area contributed by atoms with Crippen LogP contribution in [0.2, 0.25) is 0 Å². The average molecular weight is 690 g/mol. The van der Waals surface area contributed by atoms with Crippen molar-refractivity contribution in [3.8, 4) is 0 Å². The summed E-state index contributed by atoms with van der Waals surface area (Å²) in [6, 6.07) is 0. The van der Waals surface area contributed by atoms with Crippen LogP contribution in [0, 0.1) is 0 Å². The summed E-state index contributed by atoms with van der Waals surface area (Å²) in [4.78, 5) is 33.7. The van der Waals surface area contributed by atoms with E-state index in [1.165, 1.54) is 109 Å². The largest absolute Gasteiger partial charge is 0.472 e. The van der Waals surface area contributed by atoms with Crippen LogP contribution in [0.4, 0.5) is 0 Å². The number of aliphatic hydroxyl groups excluding tert-OH is 1. The number of rotatable bonds is 36. The normalized spacial score (nSPS) is 13.5. The molecule has 0 aliphatic rings. The number of ether oxygens (including phenoxy) is 1. The van der Waals surface area contributed by atoms with Crippen LogP contribution in [0.25, 0.3) is 0 Å². The zero-order valence-corrected chi connectivity index (χ0v) is 31.1. The van der Waals surface area contributed by atoms with Gasteiger partial charge in [-0.1, -0.05) is 142 Å². The number of allylic oxidation sites excluding steroid dienone is 2. The monoisotopic (exact) mass is 689 g/mol. The summed E-state index contributed by atoms with van der Waals surface area (Å²) in [7, 11) is -4.40.